The highest BCUT2D eigenvalue weighted by molar-refractivity contribution is 9.10. The van der Waals surface area contributed by atoms with Crippen LogP contribution in [0.1, 0.15) is 23.7 Å². The number of aliphatic hydroxyl groups excluding tert-OH is 1. The zero-order valence-electron chi connectivity index (χ0n) is 12.0. The lowest BCUT2D eigenvalue weighted by Gasteiger charge is -2.19. The van der Waals surface area contributed by atoms with Crippen LogP contribution in [-0.2, 0) is 6.54 Å². The van der Waals surface area contributed by atoms with Crippen molar-refractivity contribution in [2.45, 2.75) is 19.1 Å². The van der Waals surface area contributed by atoms with E-state index >= 15 is 0 Å². The Bertz CT molecular complexity index is 589. The quantitative estimate of drug-likeness (QED) is 0.738. The molecule has 0 amide bonds. The lowest BCUT2D eigenvalue weighted by Crippen LogP contribution is -2.21. The minimum Gasteiger partial charge on any atom is -0.388 e. The Morgan fingerprint density at radius 1 is 1.05 bits per heavy atom. The monoisotopic (exact) mass is 411 g/mol. The molecule has 2 nitrogen and oxygen atoms in total. The summed E-state index contributed by atoms with van der Waals surface area (Å²) in [7, 11) is 2.08. The standard InChI is InChI=1S/C17H19Br2NO/c1-20(12-13-4-2-6-15(18)10-13)9-8-17(21)14-5-3-7-16(19)11-14/h2-7,10-11,17,21H,8-9,12H2,1H3. The van der Waals surface area contributed by atoms with E-state index in [1.807, 2.05) is 36.4 Å². The fourth-order valence-electron chi connectivity index (χ4n) is 2.25. The summed E-state index contributed by atoms with van der Waals surface area (Å²) in [6.45, 7) is 1.73. The van der Waals surface area contributed by atoms with Crippen LogP contribution in [0.4, 0.5) is 0 Å². The van der Waals surface area contributed by atoms with Crippen LogP contribution in [0, 0.1) is 0 Å². The lowest BCUT2D eigenvalue weighted by molar-refractivity contribution is 0.147. The van der Waals surface area contributed by atoms with Gasteiger partial charge in [0.15, 0.2) is 0 Å². The molecule has 0 fully saturated rings. The highest BCUT2D eigenvalue weighted by Crippen LogP contribution is 2.21. The van der Waals surface area contributed by atoms with Gasteiger partial charge in [0.05, 0.1) is 6.10 Å². The van der Waals surface area contributed by atoms with Gasteiger partial charge in [-0.2, -0.15) is 0 Å². The van der Waals surface area contributed by atoms with E-state index in [9.17, 15) is 5.11 Å². The molecule has 2 rings (SSSR count). The summed E-state index contributed by atoms with van der Waals surface area (Å²) in [6, 6.07) is 16.2. The van der Waals surface area contributed by atoms with Crippen molar-refractivity contribution in [1.82, 2.24) is 4.90 Å². The predicted octanol–water partition coefficient (Wildman–Crippen LogP) is 4.77. The normalized spacial score (nSPS) is 12.6. The molecule has 2 aromatic rings. The second-order valence-corrected chi connectivity index (χ2v) is 7.06. The highest BCUT2D eigenvalue weighted by atomic mass is 79.9. The van der Waals surface area contributed by atoms with Crippen LogP contribution < -0.4 is 0 Å². The van der Waals surface area contributed by atoms with E-state index in [1.54, 1.807) is 0 Å². The average Bonchev–Trinajstić information content (AvgIpc) is 2.45. The fourth-order valence-corrected chi connectivity index (χ4v) is 3.11. The molecule has 0 heterocycles. The molecule has 1 unspecified atom stereocenters. The van der Waals surface area contributed by atoms with Gasteiger partial charge in [-0.15, -0.1) is 0 Å². The summed E-state index contributed by atoms with van der Waals surface area (Å²) in [6.07, 6.45) is 0.300. The third-order valence-electron chi connectivity index (χ3n) is 3.36. The molecule has 4 heteroatoms. The van der Waals surface area contributed by atoms with Gasteiger partial charge in [-0.3, -0.25) is 0 Å². The molecular formula is C17H19Br2NO. The molecule has 0 saturated heterocycles. The van der Waals surface area contributed by atoms with Crippen LogP contribution in [-0.4, -0.2) is 23.6 Å². The molecule has 0 aliphatic rings. The van der Waals surface area contributed by atoms with Crippen molar-refractivity contribution in [2.24, 2.45) is 0 Å². The van der Waals surface area contributed by atoms with E-state index in [0.717, 1.165) is 34.0 Å². The number of aliphatic hydroxyl groups is 1. The van der Waals surface area contributed by atoms with E-state index in [2.05, 4.69) is 55.9 Å². The number of rotatable bonds is 6. The summed E-state index contributed by atoms with van der Waals surface area (Å²) in [5, 5.41) is 10.2. The summed E-state index contributed by atoms with van der Waals surface area (Å²) >= 11 is 6.92. The SMILES string of the molecule is CN(CCC(O)c1cccc(Br)c1)Cc1cccc(Br)c1. The molecule has 1 atom stereocenters. The van der Waals surface area contributed by atoms with Crippen LogP contribution in [0.3, 0.4) is 0 Å². The molecule has 0 aliphatic carbocycles. The van der Waals surface area contributed by atoms with Gasteiger partial charge in [0.2, 0.25) is 0 Å². The van der Waals surface area contributed by atoms with Gasteiger partial charge >= 0.3 is 0 Å². The molecule has 0 saturated carbocycles. The van der Waals surface area contributed by atoms with Crippen molar-refractivity contribution in [3.63, 3.8) is 0 Å². The van der Waals surface area contributed by atoms with Crippen molar-refractivity contribution >= 4 is 31.9 Å². The van der Waals surface area contributed by atoms with Gasteiger partial charge in [0.1, 0.15) is 0 Å². The number of nitrogens with zero attached hydrogens (tertiary/aromatic N) is 1. The summed E-state index contributed by atoms with van der Waals surface area (Å²) in [4.78, 5) is 2.23. The van der Waals surface area contributed by atoms with Crippen LogP contribution in [0.25, 0.3) is 0 Å². The van der Waals surface area contributed by atoms with E-state index in [0.29, 0.717) is 0 Å². The largest absolute Gasteiger partial charge is 0.388 e. The van der Waals surface area contributed by atoms with Crippen molar-refractivity contribution in [1.29, 1.82) is 0 Å². The predicted molar refractivity (Wildman–Crippen MR) is 94.2 cm³/mol. The van der Waals surface area contributed by atoms with Crippen LogP contribution in [0.5, 0.6) is 0 Å². The summed E-state index contributed by atoms with van der Waals surface area (Å²) in [5.74, 6) is 0. The summed E-state index contributed by atoms with van der Waals surface area (Å²) < 4.78 is 2.10. The Hall–Kier alpha value is -0.680. The van der Waals surface area contributed by atoms with Gasteiger partial charge in [-0.05, 0) is 48.9 Å². The highest BCUT2D eigenvalue weighted by Gasteiger charge is 2.09. The van der Waals surface area contributed by atoms with Crippen molar-refractivity contribution < 1.29 is 5.11 Å². The second-order valence-electron chi connectivity index (χ2n) is 5.23. The topological polar surface area (TPSA) is 23.5 Å². The molecule has 112 valence electrons. The molecule has 1 N–H and O–H groups in total. The van der Waals surface area contributed by atoms with E-state index in [1.165, 1.54) is 5.56 Å². The van der Waals surface area contributed by atoms with Gasteiger partial charge in [0, 0.05) is 22.0 Å². The molecule has 0 spiro atoms. The van der Waals surface area contributed by atoms with Crippen molar-refractivity contribution in [3.8, 4) is 0 Å². The first kappa shape index (κ1) is 16.7. The molecule has 0 aromatic heterocycles. The maximum Gasteiger partial charge on any atom is 0.0802 e. The van der Waals surface area contributed by atoms with Gasteiger partial charge in [-0.1, -0.05) is 56.1 Å². The minimum atomic E-state index is -0.424. The van der Waals surface area contributed by atoms with E-state index in [4.69, 9.17) is 0 Å². The average molecular weight is 413 g/mol. The maximum atomic E-state index is 10.2. The zero-order valence-corrected chi connectivity index (χ0v) is 15.1. The minimum absolute atomic E-state index is 0.424. The van der Waals surface area contributed by atoms with Crippen molar-refractivity contribution in [2.75, 3.05) is 13.6 Å². The lowest BCUT2D eigenvalue weighted by atomic mass is 10.1. The third kappa shape index (κ3) is 5.55. The number of halogens is 2. The Balaban J connectivity index is 1.85. The Morgan fingerprint density at radius 2 is 1.71 bits per heavy atom. The first-order chi connectivity index (χ1) is 10.0. The molecule has 21 heavy (non-hydrogen) atoms. The maximum absolute atomic E-state index is 10.2. The molecule has 0 aliphatic heterocycles. The Kier molecular flexibility index (Phi) is 6.42. The Labute approximate surface area is 143 Å². The van der Waals surface area contributed by atoms with Crippen LogP contribution in [0.2, 0.25) is 0 Å². The third-order valence-corrected chi connectivity index (χ3v) is 4.35. The molecule has 0 bridgehead atoms. The first-order valence-electron chi connectivity index (χ1n) is 6.91. The van der Waals surface area contributed by atoms with Gasteiger partial charge in [-0.25, -0.2) is 0 Å². The number of hydrogen-bond donors (Lipinski definition) is 1. The van der Waals surface area contributed by atoms with E-state index in [-0.39, 0.29) is 0 Å². The number of benzene rings is 2. The first-order valence-corrected chi connectivity index (χ1v) is 8.50. The molecule has 0 radical (unpaired) electrons. The van der Waals surface area contributed by atoms with Gasteiger partial charge < -0.3 is 10.0 Å². The Morgan fingerprint density at radius 3 is 2.38 bits per heavy atom. The fraction of sp³-hybridized carbons (Fsp3) is 0.294. The number of hydrogen-bond acceptors (Lipinski definition) is 2. The van der Waals surface area contributed by atoms with Crippen LogP contribution >= 0.6 is 31.9 Å². The van der Waals surface area contributed by atoms with Crippen LogP contribution in [0.15, 0.2) is 57.5 Å². The molecule has 2 aromatic carbocycles. The smallest absolute Gasteiger partial charge is 0.0802 e. The summed E-state index contributed by atoms with van der Waals surface area (Å²) in [5.41, 5.74) is 2.23. The van der Waals surface area contributed by atoms with E-state index < -0.39 is 6.10 Å². The second kappa shape index (κ2) is 8.08. The zero-order chi connectivity index (χ0) is 15.2. The van der Waals surface area contributed by atoms with Gasteiger partial charge in [0.25, 0.3) is 0 Å². The van der Waals surface area contributed by atoms with Crippen molar-refractivity contribution in [3.05, 3.63) is 68.6 Å². The molecular weight excluding hydrogens is 394 g/mol.